The Kier molecular flexibility index (Phi) is 6.44. The van der Waals surface area contributed by atoms with Gasteiger partial charge in [0.15, 0.2) is 0 Å². The molecule has 1 aliphatic heterocycles. The van der Waals surface area contributed by atoms with Crippen molar-refractivity contribution >= 4 is 10.0 Å². The van der Waals surface area contributed by atoms with E-state index in [9.17, 15) is 8.42 Å². The second-order valence-electron chi connectivity index (χ2n) is 6.08. The number of likely N-dealkylation sites (N-methyl/N-ethyl adjacent to an activating group) is 1. The lowest BCUT2D eigenvalue weighted by Crippen LogP contribution is -2.51. The van der Waals surface area contributed by atoms with E-state index in [-0.39, 0.29) is 11.6 Å². The van der Waals surface area contributed by atoms with Gasteiger partial charge >= 0.3 is 0 Å². The first-order chi connectivity index (χ1) is 9.26. The van der Waals surface area contributed by atoms with Gasteiger partial charge in [0.2, 0.25) is 10.0 Å². The van der Waals surface area contributed by atoms with Gasteiger partial charge in [0.25, 0.3) is 0 Å². The second kappa shape index (κ2) is 7.20. The third kappa shape index (κ3) is 4.41. The molecule has 1 saturated heterocycles. The van der Waals surface area contributed by atoms with Crippen molar-refractivity contribution in [1.82, 2.24) is 9.62 Å². The standard InChI is InChI=1S/C14H30N2O3S/c1-6-14(2,19-4)13(15-3)10-12-8-7-9-16(11-12)20(5,17)18/h12-13,15H,6-11H2,1-5H3. The van der Waals surface area contributed by atoms with E-state index in [0.29, 0.717) is 19.0 Å². The molecule has 0 amide bonds. The lowest BCUT2D eigenvalue weighted by atomic mass is 9.83. The van der Waals surface area contributed by atoms with Crippen LogP contribution in [0.15, 0.2) is 0 Å². The number of hydrogen-bond acceptors (Lipinski definition) is 4. The summed E-state index contributed by atoms with van der Waals surface area (Å²) in [6.07, 6.45) is 5.21. The Morgan fingerprint density at radius 1 is 1.50 bits per heavy atom. The second-order valence-corrected chi connectivity index (χ2v) is 8.06. The number of piperidine rings is 1. The summed E-state index contributed by atoms with van der Waals surface area (Å²) in [7, 11) is 0.634. The molecular weight excluding hydrogens is 276 g/mol. The molecule has 1 aliphatic rings. The van der Waals surface area contributed by atoms with Gasteiger partial charge in [-0.15, -0.1) is 0 Å². The maximum absolute atomic E-state index is 11.7. The number of ether oxygens (including phenoxy) is 1. The highest BCUT2D eigenvalue weighted by molar-refractivity contribution is 7.88. The van der Waals surface area contributed by atoms with Crippen LogP contribution in [-0.4, -0.2) is 57.9 Å². The molecule has 5 nitrogen and oxygen atoms in total. The molecule has 0 aromatic carbocycles. The number of hydrogen-bond donors (Lipinski definition) is 1. The van der Waals surface area contributed by atoms with Gasteiger partial charge in [-0.05, 0) is 45.6 Å². The fraction of sp³-hybridized carbons (Fsp3) is 1.00. The molecule has 0 saturated carbocycles. The summed E-state index contributed by atoms with van der Waals surface area (Å²) >= 11 is 0. The highest BCUT2D eigenvalue weighted by atomic mass is 32.2. The average molecular weight is 306 g/mol. The molecule has 20 heavy (non-hydrogen) atoms. The van der Waals surface area contributed by atoms with Gasteiger partial charge in [0, 0.05) is 26.2 Å². The van der Waals surface area contributed by atoms with Crippen LogP contribution in [0.5, 0.6) is 0 Å². The Hall–Kier alpha value is -0.170. The summed E-state index contributed by atoms with van der Waals surface area (Å²) in [5.74, 6) is 0.400. The molecule has 1 N–H and O–H groups in total. The SMILES string of the molecule is CCC(C)(OC)C(CC1CCCN(S(C)(=O)=O)C1)NC. The topological polar surface area (TPSA) is 58.6 Å². The monoisotopic (exact) mass is 306 g/mol. The van der Waals surface area contributed by atoms with E-state index in [4.69, 9.17) is 4.74 Å². The van der Waals surface area contributed by atoms with Crippen molar-refractivity contribution in [2.45, 2.75) is 51.2 Å². The summed E-state index contributed by atoms with van der Waals surface area (Å²) in [4.78, 5) is 0. The van der Waals surface area contributed by atoms with Crippen molar-refractivity contribution in [3.05, 3.63) is 0 Å². The van der Waals surface area contributed by atoms with Crippen LogP contribution < -0.4 is 5.32 Å². The summed E-state index contributed by atoms with van der Waals surface area (Å²) in [6.45, 7) is 5.54. The normalized spacial score (nSPS) is 26.1. The summed E-state index contributed by atoms with van der Waals surface area (Å²) in [5.41, 5.74) is -0.206. The van der Waals surface area contributed by atoms with Gasteiger partial charge in [0.1, 0.15) is 0 Å². The molecule has 0 aliphatic carbocycles. The Morgan fingerprint density at radius 2 is 2.15 bits per heavy atom. The summed E-state index contributed by atoms with van der Waals surface area (Å²) < 4.78 is 30.7. The number of sulfonamides is 1. The maximum Gasteiger partial charge on any atom is 0.211 e. The molecule has 0 bridgehead atoms. The Labute approximate surface area is 124 Å². The molecule has 0 spiro atoms. The Bertz CT molecular complexity index is 393. The number of rotatable bonds is 7. The van der Waals surface area contributed by atoms with Crippen LogP contribution in [0.1, 0.15) is 39.5 Å². The van der Waals surface area contributed by atoms with Crippen LogP contribution in [0.2, 0.25) is 0 Å². The minimum Gasteiger partial charge on any atom is -0.377 e. The molecule has 1 heterocycles. The minimum absolute atomic E-state index is 0.206. The first kappa shape index (κ1) is 17.9. The number of methoxy groups -OCH3 is 1. The molecule has 1 rings (SSSR count). The third-order valence-corrected chi connectivity index (χ3v) is 6.04. The smallest absolute Gasteiger partial charge is 0.211 e. The van der Waals surface area contributed by atoms with E-state index in [1.807, 2.05) is 7.05 Å². The molecule has 3 atom stereocenters. The first-order valence-corrected chi connectivity index (χ1v) is 9.29. The summed E-state index contributed by atoms with van der Waals surface area (Å²) in [5, 5.41) is 3.35. The predicted octanol–water partition coefficient (Wildman–Crippen LogP) is 1.45. The van der Waals surface area contributed by atoms with Gasteiger partial charge in [-0.3, -0.25) is 0 Å². The zero-order valence-corrected chi connectivity index (χ0v) is 14.3. The minimum atomic E-state index is -3.07. The van der Waals surface area contributed by atoms with Gasteiger partial charge in [-0.25, -0.2) is 12.7 Å². The molecule has 1 fully saturated rings. The highest BCUT2D eigenvalue weighted by Crippen LogP contribution is 2.29. The van der Waals surface area contributed by atoms with E-state index in [2.05, 4.69) is 19.2 Å². The molecule has 0 aromatic rings. The van der Waals surface area contributed by atoms with Crippen LogP contribution in [0.3, 0.4) is 0 Å². The largest absolute Gasteiger partial charge is 0.377 e. The van der Waals surface area contributed by atoms with Crippen LogP contribution in [0.25, 0.3) is 0 Å². The zero-order valence-electron chi connectivity index (χ0n) is 13.5. The molecular formula is C14H30N2O3S. The maximum atomic E-state index is 11.7. The molecule has 6 heteroatoms. The van der Waals surface area contributed by atoms with Gasteiger partial charge in [0.05, 0.1) is 11.9 Å². The summed E-state index contributed by atoms with van der Waals surface area (Å²) in [6, 6.07) is 0.238. The lowest BCUT2D eigenvalue weighted by molar-refractivity contribution is -0.0347. The zero-order chi connectivity index (χ0) is 15.4. The fourth-order valence-corrected chi connectivity index (χ4v) is 4.00. The van der Waals surface area contributed by atoms with E-state index < -0.39 is 10.0 Å². The van der Waals surface area contributed by atoms with Crippen molar-refractivity contribution < 1.29 is 13.2 Å². The van der Waals surface area contributed by atoms with Crippen molar-refractivity contribution in [2.75, 3.05) is 33.5 Å². The van der Waals surface area contributed by atoms with E-state index in [0.717, 1.165) is 25.7 Å². The van der Waals surface area contributed by atoms with Crippen molar-refractivity contribution in [3.63, 3.8) is 0 Å². The predicted molar refractivity (Wildman–Crippen MR) is 82.3 cm³/mol. The number of nitrogens with one attached hydrogen (secondary N) is 1. The fourth-order valence-electron chi connectivity index (χ4n) is 3.06. The molecule has 3 unspecified atom stereocenters. The average Bonchev–Trinajstić information content (AvgIpc) is 2.43. The van der Waals surface area contributed by atoms with Gasteiger partial charge in [-0.2, -0.15) is 0 Å². The van der Waals surface area contributed by atoms with Gasteiger partial charge < -0.3 is 10.1 Å². The van der Waals surface area contributed by atoms with Crippen LogP contribution in [0.4, 0.5) is 0 Å². The van der Waals surface area contributed by atoms with E-state index in [1.165, 1.54) is 6.26 Å². The van der Waals surface area contributed by atoms with Crippen molar-refractivity contribution in [3.8, 4) is 0 Å². The van der Waals surface area contributed by atoms with Crippen LogP contribution >= 0.6 is 0 Å². The van der Waals surface area contributed by atoms with E-state index >= 15 is 0 Å². The first-order valence-electron chi connectivity index (χ1n) is 7.44. The number of nitrogens with zero attached hydrogens (tertiary/aromatic N) is 1. The van der Waals surface area contributed by atoms with Crippen molar-refractivity contribution in [2.24, 2.45) is 5.92 Å². The molecule has 120 valence electrons. The molecule has 0 radical (unpaired) electrons. The van der Waals surface area contributed by atoms with E-state index in [1.54, 1.807) is 11.4 Å². The van der Waals surface area contributed by atoms with Crippen molar-refractivity contribution in [1.29, 1.82) is 0 Å². The lowest BCUT2D eigenvalue weighted by Gasteiger charge is -2.39. The van der Waals surface area contributed by atoms with Crippen LogP contribution in [-0.2, 0) is 14.8 Å². The molecule has 0 aromatic heterocycles. The third-order valence-electron chi connectivity index (χ3n) is 4.77. The Balaban J connectivity index is 2.71. The Morgan fingerprint density at radius 3 is 2.60 bits per heavy atom. The van der Waals surface area contributed by atoms with Crippen LogP contribution in [0, 0.1) is 5.92 Å². The highest BCUT2D eigenvalue weighted by Gasteiger charge is 2.35. The quantitative estimate of drug-likeness (QED) is 0.773. The van der Waals surface area contributed by atoms with Gasteiger partial charge in [-0.1, -0.05) is 6.92 Å².